The molecule has 2 fully saturated rings. The van der Waals surface area contributed by atoms with E-state index >= 15 is 0 Å². The van der Waals surface area contributed by atoms with E-state index in [1.54, 1.807) is 0 Å². The van der Waals surface area contributed by atoms with E-state index in [0.29, 0.717) is 12.2 Å². The number of likely N-dealkylation sites (tertiary alicyclic amines) is 1. The summed E-state index contributed by atoms with van der Waals surface area (Å²) in [6, 6.07) is 0. The molecule has 0 N–H and O–H groups in total. The zero-order chi connectivity index (χ0) is 8.39. The first kappa shape index (κ1) is 8.52. The molecule has 1 heterocycles. The molecule has 2 nitrogen and oxygen atoms in total. The van der Waals surface area contributed by atoms with Gasteiger partial charge in [-0.15, -0.1) is 0 Å². The Morgan fingerprint density at radius 2 is 1.58 bits per heavy atom. The second kappa shape index (κ2) is 3.75. The van der Waals surface area contributed by atoms with Gasteiger partial charge < -0.3 is 9.64 Å². The van der Waals surface area contributed by atoms with Gasteiger partial charge >= 0.3 is 0 Å². The lowest BCUT2D eigenvalue weighted by atomic mass is 9.95. The molecule has 0 spiro atoms. The average Bonchev–Trinajstić information content (AvgIpc) is 2.00. The number of hydrogen-bond acceptors (Lipinski definition) is 2. The molecule has 0 radical (unpaired) electrons. The average molecular weight is 169 g/mol. The summed E-state index contributed by atoms with van der Waals surface area (Å²) in [7, 11) is 2.19. The molecule has 12 heavy (non-hydrogen) atoms. The Labute approximate surface area is 74.9 Å². The van der Waals surface area contributed by atoms with Gasteiger partial charge in [-0.2, -0.15) is 0 Å². The Bertz CT molecular complexity index is 137. The van der Waals surface area contributed by atoms with Crippen LogP contribution in [-0.2, 0) is 4.74 Å². The van der Waals surface area contributed by atoms with Crippen LogP contribution in [0.4, 0.5) is 0 Å². The fraction of sp³-hybridized carbons (Fsp3) is 1.00. The lowest BCUT2D eigenvalue weighted by molar-refractivity contribution is -0.0713. The van der Waals surface area contributed by atoms with Gasteiger partial charge in [0.15, 0.2) is 0 Å². The van der Waals surface area contributed by atoms with Gasteiger partial charge in [-0.05, 0) is 39.2 Å². The number of ether oxygens (including phenoxy) is 1. The summed E-state index contributed by atoms with van der Waals surface area (Å²) in [4.78, 5) is 2.39. The molecule has 2 heteroatoms. The summed E-state index contributed by atoms with van der Waals surface area (Å²) < 4.78 is 5.95. The van der Waals surface area contributed by atoms with Gasteiger partial charge in [-0.3, -0.25) is 0 Å². The van der Waals surface area contributed by atoms with Crippen LogP contribution in [0.15, 0.2) is 0 Å². The molecule has 2 rings (SSSR count). The van der Waals surface area contributed by atoms with Crippen LogP contribution >= 0.6 is 0 Å². The minimum atomic E-state index is 0.575. The number of piperidine rings is 1. The Hall–Kier alpha value is -0.0800. The van der Waals surface area contributed by atoms with Crippen molar-refractivity contribution in [1.82, 2.24) is 4.90 Å². The minimum absolute atomic E-state index is 0.575. The summed E-state index contributed by atoms with van der Waals surface area (Å²) in [6.45, 7) is 2.44. The maximum absolute atomic E-state index is 5.95. The summed E-state index contributed by atoms with van der Waals surface area (Å²) in [5.41, 5.74) is 0. The highest BCUT2D eigenvalue weighted by Crippen LogP contribution is 2.26. The van der Waals surface area contributed by atoms with Crippen LogP contribution in [0.2, 0.25) is 0 Å². The topological polar surface area (TPSA) is 12.5 Å². The van der Waals surface area contributed by atoms with E-state index < -0.39 is 0 Å². The van der Waals surface area contributed by atoms with Gasteiger partial charge in [-0.1, -0.05) is 0 Å². The van der Waals surface area contributed by atoms with E-state index in [4.69, 9.17) is 4.74 Å². The molecule has 0 bridgehead atoms. The van der Waals surface area contributed by atoms with Gasteiger partial charge in [0.25, 0.3) is 0 Å². The van der Waals surface area contributed by atoms with Gasteiger partial charge in [0.2, 0.25) is 0 Å². The second-order valence-corrected chi connectivity index (χ2v) is 4.19. The van der Waals surface area contributed by atoms with Crippen molar-refractivity contribution in [2.75, 3.05) is 20.1 Å². The van der Waals surface area contributed by atoms with Gasteiger partial charge in [0.05, 0.1) is 12.2 Å². The van der Waals surface area contributed by atoms with Crippen molar-refractivity contribution in [1.29, 1.82) is 0 Å². The van der Waals surface area contributed by atoms with Crippen LogP contribution < -0.4 is 0 Å². The standard InChI is InChI=1S/C10H19NO/c1-11-7-5-10(6-8-11)12-9-3-2-4-9/h9-10H,2-8H2,1H3. The predicted octanol–water partition coefficient (Wildman–Crippen LogP) is 1.65. The van der Waals surface area contributed by atoms with E-state index in [1.807, 2.05) is 0 Å². The van der Waals surface area contributed by atoms with Crippen molar-refractivity contribution in [3.05, 3.63) is 0 Å². The van der Waals surface area contributed by atoms with E-state index in [1.165, 1.54) is 45.2 Å². The lowest BCUT2D eigenvalue weighted by Crippen LogP contribution is -2.37. The Morgan fingerprint density at radius 3 is 2.08 bits per heavy atom. The smallest absolute Gasteiger partial charge is 0.0603 e. The minimum Gasteiger partial charge on any atom is -0.375 e. The van der Waals surface area contributed by atoms with E-state index in [0.717, 1.165) is 0 Å². The first-order valence-electron chi connectivity index (χ1n) is 5.18. The van der Waals surface area contributed by atoms with Crippen molar-refractivity contribution in [2.24, 2.45) is 0 Å². The molecule has 0 atom stereocenters. The maximum atomic E-state index is 5.95. The molecular formula is C10H19NO. The molecule has 0 aromatic rings. The van der Waals surface area contributed by atoms with Crippen molar-refractivity contribution >= 4 is 0 Å². The van der Waals surface area contributed by atoms with Gasteiger partial charge in [0.1, 0.15) is 0 Å². The van der Waals surface area contributed by atoms with Crippen molar-refractivity contribution < 1.29 is 4.74 Å². The summed E-state index contributed by atoms with van der Waals surface area (Å²) in [5, 5.41) is 0. The number of rotatable bonds is 2. The normalized spacial score (nSPS) is 28.8. The number of hydrogen-bond donors (Lipinski definition) is 0. The van der Waals surface area contributed by atoms with Crippen LogP contribution in [0.25, 0.3) is 0 Å². The predicted molar refractivity (Wildman–Crippen MR) is 49.2 cm³/mol. The molecule has 0 aromatic carbocycles. The molecular weight excluding hydrogens is 150 g/mol. The van der Waals surface area contributed by atoms with E-state index in [9.17, 15) is 0 Å². The first-order valence-corrected chi connectivity index (χ1v) is 5.18. The zero-order valence-electron chi connectivity index (χ0n) is 7.96. The van der Waals surface area contributed by atoms with E-state index in [-0.39, 0.29) is 0 Å². The fourth-order valence-corrected chi connectivity index (χ4v) is 1.90. The van der Waals surface area contributed by atoms with Crippen LogP contribution in [-0.4, -0.2) is 37.2 Å². The molecule has 1 aliphatic heterocycles. The molecule has 70 valence electrons. The largest absolute Gasteiger partial charge is 0.375 e. The van der Waals surface area contributed by atoms with Crippen LogP contribution in [0.1, 0.15) is 32.1 Å². The third-order valence-electron chi connectivity index (χ3n) is 3.10. The molecule has 1 saturated carbocycles. The highest BCUT2D eigenvalue weighted by Gasteiger charge is 2.24. The Kier molecular flexibility index (Phi) is 2.66. The maximum Gasteiger partial charge on any atom is 0.0603 e. The molecule has 2 aliphatic rings. The highest BCUT2D eigenvalue weighted by atomic mass is 16.5. The monoisotopic (exact) mass is 169 g/mol. The molecule has 0 aromatic heterocycles. The van der Waals surface area contributed by atoms with Crippen molar-refractivity contribution in [2.45, 2.75) is 44.3 Å². The second-order valence-electron chi connectivity index (χ2n) is 4.19. The quantitative estimate of drug-likeness (QED) is 0.623. The van der Waals surface area contributed by atoms with Crippen LogP contribution in [0, 0.1) is 0 Å². The summed E-state index contributed by atoms with van der Waals surface area (Å²) in [5.74, 6) is 0. The van der Waals surface area contributed by atoms with Crippen molar-refractivity contribution in [3.8, 4) is 0 Å². The zero-order valence-corrected chi connectivity index (χ0v) is 7.96. The third-order valence-corrected chi connectivity index (χ3v) is 3.10. The van der Waals surface area contributed by atoms with Crippen molar-refractivity contribution in [3.63, 3.8) is 0 Å². The summed E-state index contributed by atoms with van der Waals surface area (Å²) >= 11 is 0. The third kappa shape index (κ3) is 1.99. The molecule has 0 unspecified atom stereocenters. The number of nitrogens with zero attached hydrogens (tertiary/aromatic N) is 1. The van der Waals surface area contributed by atoms with Gasteiger partial charge in [0, 0.05) is 13.1 Å². The van der Waals surface area contributed by atoms with Crippen LogP contribution in [0.5, 0.6) is 0 Å². The molecule has 1 saturated heterocycles. The summed E-state index contributed by atoms with van der Waals surface area (Å²) in [6.07, 6.45) is 7.69. The SMILES string of the molecule is CN1CCC(OC2CCC2)CC1. The molecule has 1 aliphatic carbocycles. The Balaban J connectivity index is 1.67. The lowest BCUT2D eigenvalue weighted by Gasteiger charge is -2.34. The van der Waals surface area contributed by atoms with Crippen LogP contribution in [0.3, 0.4) is 0 Å². The Morgan fingerprint density at radius 1 is 1.00 bits per heavy atom. The molecule has 0 amide bonds. The van der Waals surface area contributed by atoms with E-state index in [2.05, 4.69) is 11.9 Å². The first-order chi connectivity index (χ1) is 5.84. The fourth-order valence-electron chi connectivity index (χ4n) is 1.90. The highest BCUT2D eigenvalue weighted by molar-refractivity contribution is 4.75. The van der Waals surface area contributed by atoms with Gasteiger partial charge in [-0.25, -0.2) is 0 Å².